The van der Waals surface area contributed by atoms with E-state index in [1.165, 1.54) is 0 Å². The third kappa shape index (κ3) is 3.19. The first-order valence-corrected chi connectivity index (χ1v) is 7.23. The number of ether oxygens (including phenoxy) is 2. The number of benzene rings is 1. The zero-order valence-electron chi connectivity index (χ0n) is 12.4. The van der Waals surface area contributed by atoms with Crippen LogP contribution in [-0.4, -0.2) is 24.6 Å². The van der Waals surface area contributed by atoms with E-state index < -0.39 is 0 Å². The van der Waals surface area contributed by atoms with Gasteiger partial charge in [-0.1, -0.05) is 6.07 Å². The Kier molecular flexibility index (Phi) is 4.23. The van der Waals surface area contributed by atoms with E-state index in [2.05, 4.69) is 10.3 Å². The standard InChI is InChI=1S/C17H18N2O3/c1-21-15-5-6-16-12(9-15)8-13(11-22-16)17(20)19-10-14-4-2-3-7-18-14/h2-7,9,13H,8,10-11H2,1H3,(H,19,20). The van der Waals surface area contributed by atoms with Gasteiger partial charge in [-0.15, -0.1) is 0 Å². The van der Waals surface area contributed by atoms with Gasteiger partial charge in [0.25, 0.3) is 0 Å². The van der Waals surface area contributed by atoms with Crippen LogP contribution in [0.4, 0.5) is 0 Å². The molecule has 2 aromatic rings. The van der Waals surface area contributed by atoms with Crippen LogP contribution in [0.2, 0.25) is 0 Å². The Labute approximate surface area is 129 Å². The first kappa shape index (κ1) is 14.4. The molecular formula is C17H18N2O3. The number of aromatic nitrogens is 1. The highest BCUT2D eigenvalue weighted by molar-refractivity contribution is 5.79. The summed E-state index contributed by atoms with van der Waals surface area (Å²) in [6.45, 7) is 0.828. The van der Waals surface area contributed by atoms with Crippen LogP contribution >= 0.6 is 0 Å². The van der Waals surface area contributed by atoms with Crippen LogP contribution in [-0.2, 0) is 17.8 Å². The van der Waals surface area contributed by atoms with Crippen LogP contribution in [0.25, 0.3) is 0 Å². The van der Waals surface area contributed by atoms with E-state index in [-0.39, 0.29) is 11.8 Å². The number of carbonyl (C=O) groups excluding carboxylic acids is 1. The Balaban J connectivity index is 1.62. The predicted octanol–water partition coefficient (Wildman–Crippen LogP) is 1.96. The fourth-order valence-corrected chi connectivity index (χ4v) is 2.49. The second-order valence-electron chi connectivity index (χ2n) is 5.22. The lowest BCUT2D eigenvalue weighted by atomic mass is 9.96. The Morgan fingerprint density at radius 2 is 2.32 bits per heavy atom. The molecule has 5 heteroatoms. The number of hydrogen-bond donors (Lipinski definition) is 1. The monoisotopic (exact) mass is 298 g/mol. The summed E-state index contributed by atoms with van der Waals surface area (Å²) in [5.74, 6) is 1.40. The molecule has 2 heterocycles. The molecule has 0 fully saturated rings. The van der Waals surface area contributed by atoms with Gasteiger partial charge in [-0.2, -0.15) is 0 Å². The summed E-state index contributed by atoms with van der Waals surface area (Å²) in [7, 11) is 1.63. The molecule has 0 saturated heterocycles. The van der Waals surface area contributed by atoms with Gasteiger partial charge in [0.15, 0.2) is 0 Å². The summed E-state index contributed by atoms with van der Waals surface area (Å²) in [6.07, 6.45) is 2.37. The quantitative estimate of drug-likeness (QED) is 0.937. The zero-order valence-corrected chi connectivity index (χ0v) is 12.4. The van der Waals surface area contributed by atoms with Crippen LogP contribution in [0.5, 0.6) is 11.5 Å². The van der Waals surface area contributed by atoms with E-state index in [9.17, 15) is 4.79 Å². The van der Waals surface area contributed by atoms with E-state index in [1.807, 2.05) is 36.4 Å². The summed E-state index contributed by atoms with van der Waals surface area (Å²) >= 11 is 0. The highest BCUT2D eigenvalue weighted by atomic mass is 16.5. The third-order valence-corrected chi connectivity index (χ3v) is 3.71. The predicted molar refractivity (Wildman–Crippen MR) is 81.8 cm³/mol. The highest BCUT2D eigenvalue weighted by Crippen LogP contribution is 2.30. The van der Waals surface area contributed by atoms with Crippen molar-refractivity contribution in [2.24, 2.45) is 5.92 Å². The Hall–Kier alpha value is -2.56. The summed E-state index contributed by atoms with van der Waals surface area (Å²) in [4.78, 5) is 16.5. The molecule has 3 rings (SSSR count). The fourth-order valence-electron chi connectivity index (χ4n) is 2.49. The lowest BCUT2D eigenvalue weighted by Gasteiger charge is -2.25. The van der Waals surface area contributed by atoms with Crippen molar-refractivity contribution in [3.63, 3.8) is 0 Å². The first-order chi connectivity index (χ1) is 10.8. The van der Waals surface area contributed by atoms with Gasteiger partial charge in [-0.3, -0.25) is 9.78 Å². The van der Waals surface area contributed by atoms with Crippen molar-refractivity contribution in [2.75, 3.05) is 13.7 Å². The van der Waals surface area contributed by atoms with E-state index in [4.69, 9.17) is 9.47 Å². The molecule has 5 nitrogen and oxygen atoms in total. The molecule has 1 aromatic carbocycles. The lowest BCUT2D eigenvalue weighted by Crippen LogP contribution is -2.37. The number of hydrogen-bond acceptors (Lipinski definition) is 4. The molecule has 1 aliphatic heterocycles. The molecule has 0 radical (unpaired) electrons. The minimum Gasteiger partial charge on any atom is -0.497 e. The van der Waals surface area contributed by atoms with Gasteiger partial charge in [0.1, 0.15) is 18.1 Å². The van der Waals surface area contributed by atoms with E-state index in [1.54, 1.807) is 13.3 Å². The molecule has 114 valence electrons. The molecule has 1 N–H and O–H groups in total. The molecule has 22 heavy (non-hydrogen) atoms. The first-order valence-electron chi connectivity index (χ1n) is 7.23. The van der Waals surface area contributed by atoms with Crippen LogP contribution < -0.4 is 14.8 Å². The van der Waals surface area contributed by atoms with Crippen molar-refractivity contribution in [3.05, 3.63) is 53.9 Å². The van der Waals surface area contributed by atoms with Gasteiger partial charge in [0, 0.05) is 6.20 Å². The number of methoxy groups -OCH3 is 1. The molecule has 0 spiro atoms. The topological polar surface area (TPSA) is 60.5 Å². The second-order valence-corrected chi connectivity index (χ2v) is 5.22. The van der Waals surface area contributed by atoms with Crippen LogP contribution in [0.15, 0.2) is 42.6 Å². The summed E-state index contributed by atoms with van der Waals surface area (Å²) in [5, 5.41) is 2.92. The number of carbonyl (C=O) groups is 1. The molecular weight excluding hydrogens is 280 g/mol. The van der Waals surface area contributed by atoms with Crippen molar-refractivity contribution in [2.45, 2.75) is 13.0 Å². The minimum absolute atomic E-state index is 0.0147. The molecule has 1 unspecified atom stereocenters. The Bertz CT molecular complexity index is 658. The van der Waals surface area contributed by atoms with E-state index in [0.717, 1.165) is 22.8 Å². The smallest absolute Gasteiger partial charge is 0.227 e. The molecule has 0 bridgehead atoms. The third-order valence-electron chi connectivity index (χ3n) is 3.71. The Morgan fingerprint density at radius 1 is 1.41 bits per heavy atom. The van der Waals surface area contributed by atoms with Gasteiger partial charge in [0.2, 0.25) is 5.91 Å². The molecule has 1 atom stereocenters. The average molecular weight is 298 g/mol. The van der Waals surface area contributed by atoms with Gasteiger partial charge in [0.05, 0.1) is 25.3 Å². The minimum atomic E-state index is -0.191. The normalized spacial score (nSPS) is 16.3. The van der Waals surface area contributed by atoms with Crippen molar-refractivity contribution in [1.29, 1.82) is 0 Å². The lowest BCUT2D eigenvalue weighted by molar-refractivity contribution is -0.126. The van der Waals surface area contributed by atoms with Crippen LogP contribution in [0.1, 0.15) is 11.3 Å². The van der Waals surface area contributed by atoms with E-state index in [0.29, 0.717) is 19.6 Å². The fraction of sp³-hybridized carbons (Fsp3) is 0.294. The molecule has 1 aliphatic rings. The summed E-state index contributed by atoms with van der Waals surface area (Å²) in [6, 6.07) is 11.3. The number of fused-ring (bicyclic) bond motifs is 1. The van der Waals surface area contributed by atoms with Crippen molar-refractivity contribution < 1.29 is 14.3 Å². The van der Waals surface area contributed by atoms with Crippen molar-refractivity contribution >= 4 is 5.91 Å². The summed E-state index contributed by atoms with van der Waals surface area (Å²) < 4.78 is 10.9. The highest BCUT2D eigenvalue weighted by Gasteiger charge is 2.26. The number of pyridine rings is 1. The van der Waals surface area contributed by atoms with Crippen LogP contribution in [0.3, 0.4) is 0 Å². The molecule has 1 aromatic heterocycles. The maximum absolute atomic E-state index is 12.3. The SMILES string of the molecule is COc1ccc2c(c1)CC(C(=O)NCc1ccccn1)CO2. The molecule has 0 saturated carbocycles. The largest absolute Gasteiger partial charge is 0.497 e. The summed E-state index contributed by atoms with van der Waals surface area (Å²) in [5.41, 5.74) is 1.85. The molecule has 0 aliphatic carbocycles. The number of nitrogens with zero attached hydrogens (tertiary/aromatic N) is 1. The van der Waals surface area contributed by atoms with Gasteiger partial charge < -0.3 is 14.8 Å². The van der Waals surface area contributed by atoms with Crippen molar-refractivity contribution in [1.82, 2.24) is 10.3 Å². The van der Waals surface area contributed by atoms with Gasteiger partial charge >= 0.3 is 0 Å². The van der Waals surface area contributed by atoms with Crippen molar-refractivity contribution in [3.8, 4) is 11.5 Å². The zero-order chi connectivity index (χ0) is 15.4. The van der Waals surface area contributed by atoms with Crippen LogP contribution in [0, 0.1) is 5.92 Å². The van der Waals surface area contributed by atoms with E-state index >= 15 is 0 Å². The number of amides is 1. The van der Waals surface area contributed by atoms with Gasteiger partial charge in [-0.25, -0.2) is 0 Å². The molecule has 1 amide bonds. The number of rotatable bonds is 4. The Morgan fingerprint density at radius 3 is 3.09 bits per heavy atom. The van der Waals surface area contributed by atoms with Gasteiger partial charge in [-0.05, 0) is 42.3 Å². The maximum Gasteiger partial charge on any atom is 0.227 e. The number of nitrogens with one attached hydrogen (secondary N) is 1. The average Bonchev–Trinajstić information content (AvgIpc) is 2.59. The second kappa shape index (κ2) is 6.47. The maximum atomic E-state index is 12.3.